The summed E-state index contributed by atoms with van der Waals surface area (Å²) >= 11 is 0. The van der Waals surface area contributed by atoms with E-state index in [4.69, 9.17) is 0 Å². The summed E-state index contributed by atoms with van der Waals surface area (Å²) in [4.78, 5) is 8.57. The van der Waals surface area contributed by atoms with Gasteiger partial charge in [0.2, 0.25) is 0 Å². The van der Waals surface area contributed by atoms with Crippen LogP contribution in [-0.4, -0.2) is 55.1 Å². The van der Waals surface area contributed by atoms with Crippen molar-refractivity contribution in [2.75, 3.05) is 13.1 Å². The fraction of sp³-hybridized carbons (Fsp3) is 1.00. The second-order valence-electron chi connectivity index (χ2n) is 10.3. The first kappa shape index (κ1) is 22.3. The molecule has 4 fully saturated rings. The molecule has 2 N–H and O–H groups in total. The van der Waals surface area contributed by atoms with E-state index in [1.165, 1.54) is 103 Å². The Labute approximate surface area is 181 Å². The van der Waals surface area contributed by atoms with Crippen molar-refractivity contribution in [2.45, 2.75) is 141 Å². The van der Waals surface area contributed by atoms with Gasteiger partial charge >= 0.3 is 8.72 Å². The topological polar surface area (TPSA) is 30.5 Å². The van der Waals surface area contributed by atoms with Crippen LogP contribution in [0.2, 0.25) is 0 Å². The molecule has 4 nitrogen and oxygen atoms in total. The van der Waals surface area contributed by atoms with Crippen molar-refractivity contribution in [2.24, 2.45) is 0 Å². The molecule has 0 aliphatic heterocycles. The van der Waals surface area contributed by atoms with Gasteiger partial charge in [-0.3, -0.25) is 9.13 Å². The van der Waals surface area contributed by atoms with Crippen LogP contribution in [0.5, 0.6) is 0 Å². The van der Waals surface area contributed by atoms with Crippen molar-refractivity contribution in [3.05, 3.63) is 0 Å². The van der Waals surface area contributed by atoms with Crippen LogP contribution in [0.25, 0.3) is 0 Å². The number of nitrogens with one attached hydrogen (secondary N) is 2. The monoisotopic (exact) mass is 420 g/mol. The van der Waals surface area contributed by atoms with Crippen LogP contribution >= 0.6 is 0 Å². The fourth-order valence-electron chi connectivity index (χ4n) is 7.44. The molecular weight excluding hydrogens is 372 g/mol. The predicted octanol–water partition coefficient (Wildman–Crippen LogP) is 5.02. The molecule has 0 aromatic carbocycles. The van der Waals surface area contributed by atoms with Gasteiger partial charge in [-0.15, -0.1) is 0 Å². The van der Waals surface area contributed by atoms with Crippen molar-refractivity contribution < 1.29 is 0 Å². The maximum Gasteiger partial charge on any atom is 0.372 e. The molecule has 0 aromatic heterocycles. The molecule has 0 aromatic rings. The standard InChI is InChI=1S/C24H48N4Si/c1-3-25-29(26-4-2,27(21-13-5-6-14-21)22-15-7-8-16-22)28(23-17-9-10-18-23)24-19-11-12-20-24/h21-26H,3-20H2,1-2H3. The third-order valence-electron chi connectivity index (χ3n) is 8.47. The zero-order chi connectivity index (χ0) is 20.1. The minimum Gasteiger partial charge on any atom is -0.301 e. The normalized spacial score (nSPS) is 26.1. The third kappa shape index (κ3) is 4.64. The lowest BCUT2D eigenvalue weighted by Gasteiger charge is -2.56. The van der Waals surface area contributed by atoms with E-state index in [0.717, 1.165) is 37.3 Å². The molecule has 0 heterocycles. The zero-order valence-corrected chi connectivity index (χ0v) is 20.4. The summed E-state index contributed by atoms with van der Waals surface area (Å²) < 4.78 is 6.35. The highest BCUT2D eigenvalue weighted by atomic mass is 28.4. The Bertz CT molecular complexity index is 401. The van der Waals surface area contributed by atoms with Crippen LogP contribution in [0.3, 0.4) is 0 Å². The van der Waals surface area contributed by atoms with Gasteiger partial charge < -0.3 is 9.96 Å². The Morgan fingerprint density at radius 2 is 0.759 bits per heavy atom. The quantitative estimate of drug-likeness (QED) is 0.486. The molecule has 4 aliphatic rings. The van der Waals surface area contributed by atoms with Crippen LogP contribution < -0.4 is 9.96 Å². The van der Waals surface area contributed by atoms with Gasteiger partial charge in [-0.25, -0.2) is 0 Å². The zero-order valence-electron chi connectivity index (χ0n) is 19.4. The Morgan fingerprint density at radius 3 is 0.966 bits per heavy atom. The van der Waals surface area contributed by atoms with Crippen molar-refractivity contribution in [1.82, 2.24) is 19.1 Å². The Morgan fingerprint density at radius 1 is 0.517 bits per heavy atom. The number of hydrogen-bond acceptors (Lipinski definition) is 4. The lowest BCUT2D eigenvalue weighted by Crippen LogP contribution is -2.86. The SMILES string of the molecule is CCN[Si](NCC)(N(C1CCCC1)C1CCCC1)N(C1CCCC1)C1CCCC1. The maximum atomic E-state index is 4.28. The molecule has 0 amide bonds. The van der Waals surface area contributed by atoms with E-state index in [1.807, 2.05) is 0 Å². The van der Waals surface area contributed by atoms with Crippen molar-refractivity contribution in [3.8, 4) is 0 Å². The van der Waals surface area contributed by atoms with E-state index in [1.54, 1.807) is 0 Å². The minimum atomic E-state index is -2.15. The van der Waals surface area contributed by atoms with E-state index >= 15 is 0 Å². The Balaban J connectivity index is 1.76. The van der Waals surface area contributed by atoms with E-state index < -0.39 is 8.72 Å². The molecule has 0 saturated heterocycles. The molecule has 168 valence electrons. The molecule has 0 unspecified atom stereocenters. The summed E-state index contributed by atoms with van der Waals surface area (Å²) in [7, 11) is -2.15. The molecule has 4 rings (SSSR count). The summed E-state index contributed by atoms with van der Waals surface area (Å²) in [6.45, 7) is 6.93. The molecule has 4 saturated carbocycles. The van der Waals surface area contributed by atoms with Crippen molar-refractivity contribution in [1.29, 1.82) is 0 Å². The van der Waals surface area contributed by atoms with Crippen molar-refractivity contribution in [3.63, 3.8) is 0 Å². The van der Waals surface area contributed by atoms with Gasteiger partial charge in [0, 0.05) is 24.2 Å². The highest BCUT2D eigenvalue weighted by Gasteiger charge is 2.56. The summed E-state index contributed by atoms with van der Waals surface area (Å²) in [6, 6.07) is 3.25. The van der Waals surface area contributed by atoms with Gasteiger partial charge in [-0.2, -0.15) is 0 Å². The van der Waals surface area contributed by atoms with Gasteiger partial charge in [0.15, 0.2) is 0 Å². The lowest BCUT2D eigenvalue weighted by atomic mass is 10.2. The van der Waals surface area contributed by atoms with Crippen LogP contribution in [0, 0.1) is 0 Å². The average molecular weight is 421 g/mol. The molecule has 0 atom stereocenters. The molecule has 5 heteroatoms. The summed E-state index contributed by atoms with van der Waals surface area (Å²) in [6.07, 6.45) is 23.1. The Kier molecular flexibility index (Phi) is 8.12. The van der Waals surface area contributed by atoms with E-state index in [2.05, 4.69) is 32.9 Å². The van der Waals surface area contributed by atoms with E-state index in [9.17, 15) is 0 Å². The third-order valence-corrected chi connectivity index (χ3v) is 13.1. The molecular formula is C24H48N4Si. The van der Waals surface area contributed by atoms with Crippen LogP contribution in [0.4, 0.5) is 0 Å². The molecule has 0 bridgehead atoms. The van der Waals surface area contributed by atoms with Crippen LogP contribution in [0.1, 0.15) is 117 Å². The van der Waals surface area contributed by atoms with Crippen LogP contribution in [-0.2, 0) is 0 Å². The molecule has 4 aliphatic carbocycles. The molecule has 0 radical (unpaired) electrons. The Hall–Kier alpha value is 0.0569. The maximum absolute atomic E-state index is 4.28. The second kappa shape index (κ2) is 10.6. The summed E-state index contributed by atoms with van der Waals surface area (Å²) in [5, 5.41) is 0. The predicted molar refractivity (Wildman–Crippen MR) is 126 cm³/mol. The summed E-state index contributed by atoms with van der Waals surface area (Å²) in [5.41, 5.74) is 0. The number of hydrogen-bond donors (Lipinski definition) is 2. The second-order valence-corrected chi connectivity index (χ2v) is 13.4. The number of rotatable bonds is 10. The van der Waals surface area contributed by atoms with E-state index in [0.29, 0.717) is 0 Å². The van der Waals surface area contributed by atoms with Gasteiger partial charge in [0.1, 0.15) is 0 Å². The van der Waals surface area contributed by atoms with Gasteiger partial charge in [0.05, 0.1) is 0 Å². The first-order chi connectivity index (χ1) is 14.3. The first-order valence-corrected chi connectivity index (χ1v) is 15.3. The highest BCUT2D eigenvalue weighted by Crippen LogP contribution is 2.40. The smallest absolute Gasteiger partial charge is 0.301 e. The molecule has 0 spiro atoms. The van der Waals surface area contributed by atoms with Crippen LogP contribution in [0.15, 0.2) is 0 Å². The summed E-state index contributed by atoms with van der Waals surface area (Å²) in [5.74, 6) is 0. The highest BCUT2D eigenvalue weighted by molar-refractivity contribution is 6.70. The lowest BCUT2D eigenvalue weighted by molar-refractivity contribution is 0.144. The van der Waals surface area contributed by atoms with Gasteiger partial charge in [-0.1, -0.05) is 65.2 Å². The van der Waals surface area contributed by atoms with Gasteiger partial charge in [0.25, 0.3) is 0 Å². The molecule has 29 heavy (non-hydrogen) atoms. The minimum absolute atomic E-state index is 0.813. The fourth-order valence-corrected chi connectivity index (χ4v) is 12.7. The first-order valence-electron chi connectivity index (χ1n) is 13.4. The number of nitrogens with zero attached hydrogens (tertiary/aromatic N) is 2. The average Bonchev–Trinajstić information content (AvgIpc) is 3.51. The van der Waals surface area contributed by atoms with Gasteiger partial charge in [-0.05, 0) is 64.5 Å². The van der Waals surface area contributed by atoms with Crippen molar-refractivity contribution >= 4 is 8.72 Å². The van der Waals surface area contributed by atoms with E-state index in [-0.39, 0.29) is 0 Å². The largest absolute Gasteiger partial charge is 0.372 e.